The summed E-state index contributed by atoms with van der Waals surface area (Å²) in [6, 6.07) is 0. The maximum Gasteiger partial charge on any atom is 0.0708 e. The molecule has 0 bridgehead atoms. The van der Waals surface area contributed by atoms with E-state index in [4.69, 9.17) is 11.2 Å². The third-order valence-corrected chi connectivity index (χ3v) is 4.70. The highest BCUT2D eigenvalue weighted by molar-refractivity contribution is 7.99. The van der Waals surface area contributed by atoms with Crippen LogP contribution in [0.15, 0.2) is 0 Å². The van der Waals surface area contributed by atoms with Crippen molar-refractivity contribution in [1.29, 1.82) is 0 Å². The van der Waals surface area contributed by atoms with E-state index < -0.39 is 0 Å². The van der Waals surface area contributed by atoms with Crippen molar-refractivity contribution in [3.8, 4) is 12.3 Å². The Labute approximate surface area is 109 Å². The predicted octanol–water partition coefficient (Wildman–Crippen LogP) is 2.43. The Morgan fingerprint density at radius 2 is 2.18 bits per heavy atom. The number of terminal acetylenes is 1. The SMILES string of the molecule is C#CCSCCNCC1CCC2(CCCC2)O1. The van der Waals surface area contributed by atoms with E-state index in [-0.39, 0.29) is 5.60 Å². The molecular weight excluding hydrogens is 230 g/mol. The standard InChI is InChI=1S/C14H23NOS/c1-2-10-17-11-9-15-12-13-5-8-14(16-13)6-3-4-7-14/h1,13,15H,3-12H2. The first-order valence-electron chi connectivity index (χ1n) is 6.74. The Morgan fingerprint density at radius 3 is 2.94 bits per heavy atom. The second-order valence-corrected chi connectivity index (χ2v) is 6.23. The molecule has 0 radical (unpaired) electrons. The van der Waals surface area contributed by atoms with Crippen LogP contribution in [0.2, 0.25) is 0 Å². The summed E-state index contributed by atoms with van der Waals surface area (Å²) in [5.41, 5.74) is 0.282. The summed E-state index contributed by atoms with van der Waals surface area (Å²) in [7, 11) is 0. The fourth-order valence-electron chi connectivity index (χ4n) is 2.96. The lowest BCUT2D eigenvalue weighted by Crippen LogP contribution is -2.32. The van der Waals surface area contributed by atoms with Gasteiger partial charge in [-0.05, 0) is 25.7 Å². The molecule has 0 aromatic rings. The van der Waals surface area contributed by atoms with E-state index in [2.05, 4.69) is 11.2 Å². The van der Waals surface area contributed by atoms with Crippen molar-refractivity contribution in [3.63, 3.8) is 0 Å². The lowest BCUT2D eigenvalue weighted by molar-refractivity contribution is -0.0348. The van der Waals surface area contributed by atoms with Crippen LogP contribution in [0.4, 0.5) is 0 Å². The van der Waals surface area contributed by atoms with Crippen molar-refractivity contribution in [2.45, 2.75) is 50.2 Å². The summed E-state index contributed by atoms with van der Waals surface area (Å²) in [4.78, 5) is 0. The molecule has 1 saturated carbocycles. The average Bonchev–Trinajstić information content (AvgIpc) is 2.95. The van der Waals surface area contributed by atoms with Crippen LogP contribution in [0.25, 0.3) is 0 Å². The minimum Gasteiger partial charge on any atom is -0.370 e. The molecule has 2 fully saturated rings. The molecule has 17 heavy (non-hydrogen) atoms. The molecule has 2 aliphatic rings. The molecule has 1 unspecified atom stereocenters. The van der Waals surface area contributed by atoms with Gasteiger partial charge in [0.2, 0.25) is 0 Å². The van der Waals surface area contributed by atoms with Gasteiger partial charge >= 0.3 is 0 Å². The number of ether oxygens (including phenoxy) is 1. The van der Waals surface area contributed by atoms with Gasteiger partial charge in [-0.3, -0.25) is 0 Å². The first-order chi connectivity index (χ1) is 8.35. The Balaban J connectivity index is 1.54. The van der Waals surface area contributed by atoms with E-state index in [0.717, 1.165) is 24.6 Å². The topological polar surface area (TPSA) is 21.3 Å². The second-order valence-electron chi connectivity index (χ2n) is 5.13. The summed E-state index contributed by atoms with van der Waals surface area (Å²) >= 11 is 1.82. The van der Waals surface area contributed by atoms with Crippen molar-refractivity contribution in [2.75, 3.05) is 24.6 Å². The maximum absolute atomic E-state index is 6.24. The molecule has 1 heterocycles. The molecule has 1 atom stereocenters. The lowest BCUT2D eigenvalue weighted by atomic mass is 9.98. The molecule has 1 saturated heterocycles. The van der Waals surface area contributed by atoms with Gasteiger partial charge in [-0.15, -0.1) is 18.2 Å². The van der Waals surface area contributed by atoms with E-state index >= 15 is 0 Å². The van der Waals surface area contributed by atoms with Gasteiger partial charge in [0.15, 0.2) is 0 Å². The second kappa shape index (κ2) is 6.68. The van der Waals surface area contributed by atoms with Gasteiger partial charge in [-0.1, -0.05) is 18.8 Å². The molecule has 2 rings (SSSR count). The first-order valence-corrected chi connectivity index (χ1v) is 7.90. The van der Waals surface area contributed by atoms with Gasteiger partial charge in [0.05, 0.1) is 17.5 Å². The number of thioether (sulfide) groups is 1. The van der Waals surface area contributed by atoms with E-state index in [1.165, 1.54) is 38.5 Å². The third-order valence-electron chi connectivity index (χ3n) is 3.83. The highest BCUT2D eigenvalue weighted by Gasteiger charge is 2.41. The fraction of sp³-hybridized carbons (Fsp3) is 0.857. The maximum atomic E-state index is 6.24. The van der Waals surface area contributed by atoms with Crippen LogP contribution in [0.3, 0.4) is 0 Å². The zero-order valence-corrected chi connectivity index (χ0v) is 11.4. The molecule has 1 aliphatic carbocycles. The number of hydrogen-bond acceptors (Lipinski definition) is 3. The zero-order valence-electron chi connectivity index (χ0n) is 10.5. The monoisotopic (exact) mass is 253 g/mol. The Morgan fingerprint density at radius 1 is 1.35 bits per heavy atom. The molecular formula is C14H23NOS. The third kappa shape index (κ3) is 3.91. The smallest absolute Gasteiger partial charge is 0.0708 e. The molecule has 0 aromatic carbocycles. The van der Waals surface area contributed by atoms with Gasteiger partial charge in [0.25, 0.3) is 0 Å². The van der Waals surface area contributed by atoms with Crippen molar-refractivity contribution in [2.24, 2.45) is 0 Å². The molecule has 96 valence electrons. The Bertz CT molecular complexity index is 268. The molecule has 1 aliphatic heterocycles. The zero-order chi connectivity index (χ0) is 12.0. The van der Waals surface area contributed by atoms with Crippen LogP contribution in [-0.2, 0) is 4.74 Å². The first kappa shape index (κ1) is 13.3. The van der Waals surface area contributed by atoms with Crippen LogP contribution >= 0.6 is 11.8 Å². The predicted molar refractivity (Wildman–Crippen MR) is 74.3 cm³/mol. The Hall–Kier alpha value is -0.170. The van der Waals surface area contributed by atoms with E-state index in [1.54, 1.807) is 0 Å². The number of hydrogen-bond donors (Lipinski definition) is 1. The van der Waals surface area contributed by atoms with E-state index in [0.29, 0.717) is 6.10 Å². The van der Waals surface area contributed by atoms with Gasteiger partial charge in [0, 0.05) is 18.8 Å². The van der Waals surface area contributed by atoms with Crippen LogP contribution in [0.5, 0.6) is 0 Å². The van der Waals surface area contributed by atoms with Gasteiger partial charge in [0.1, 0.15) is 0 Å². The fourth-order valence-corrected chi connectivity index (χ4v) is 3.52. The molecule has 3 heteroatoms. The summed E-state index contributed by atoms with van der Waals surface area (Å²) in [6.07, 6.45) is 13.5. The number of nitrogens with one attached hydrogen (secondary N) is 1. The van der Waals surface area contributed by atoms with Gasteiger partial charge in [-0.2, -0.15) is 0 Å². The average molecular weight is 253 g/mol. The summed E-state index contributed by atoms with van der Waals surface area (Å²) in [6.45, 7) is 2.05. The van der Waals surface area contributed by atoms with Crippen molar-refractivity contribution in [1.82, 2.24) is 5.32 Å². The molecule has 1 spiro atoms. The van der Waals surface area contributed by atoms with Crippen molar-refractivity contribution >= 4 is 11.8 Å². The summed E-state index contributed by atoms with van der Waals surface area (Å²) in [5.74, 6) is 4.57. The van der Waals surface area contributed by atoms with Gasteiger partial charge in [-0.25, -0.2) is 0 Å². The summed E-state index contributed by atoms with van der Waals surface area (Å²) in [5, 5.41) is 3.48. The highest BCUT2D eigenvalue weighted by atomic mass is 32.2. The summed E-state index contributed by atoms with van der Waals surface area (Å²) < 4.78 is 6.24. The van der Waals surface area contributed by atoms with Crippen LogP contribution in [-0.4, -0.2) is 36.3 Å². The minimum absolute atomic E-state index is 0.282. The van der Waals surface area contributed by atoms with E-state index in [9.17, 15) is 0 Å². The van der Waals surface area contributed by atoms with Crippen LogP contribution in [0, 0.1) is 12.3 Å². The molecule has 0 amide bonds. The minimum atomic E-state index is 0.282. The van der Waals surface area contributed by atoms with Crippen molar-refractivity contribution < 1.29 is 4.74 Å². The van der Waals surface area contributed by atoms with Crippen molar-refractivity contribution in [3.05, 3.63) is 0 Å². The van der Waals surface area contributed by atoms with Gasteiger partial charge < -0.3 is 10.1 Å². The van der Waals surface area contributed by atoms with Crippen LogP contribution < -0.4 is 5.32 Å². The normalized spacial score (nSPS) is 26.4. The Kier molecular flexibility index (Phi) is 5.21. The highest BCUT2D eigenvalue weighted by Crippen LogP contribution is 2.43. The molecule has 2 nitrogen and oxygen atoms in total. The quantitative estimate of drug-likeness (QED) is 0.580. The molecule has 0 aromatic heterocycles. The lowest BCUT2D eigenvalue weighted by Gasteiger charge is -2.23. The van der Waals surface area contributed by atoms with Crippen LogP contribution in [0.1, 0.15) is 38.5 Å². The molecule has 1 N–H and O–H groups in total. The number of rotatable bonds is 6. The largest absolute Gasteiger partial charge is 0.370 e. The van der Waals surface area contributed by atoms with E-state index in [1.807, 2.05) is 11.8 Å².